The van der Waals surface area contributed by atoms with Crippen LogP contribution in [0.4, 0.5) is 10.1 Å². The fraction of sp³-hybridized carbons (Fsp3) is 0.538. The molecular weight excluding hydrogens is 235 g/mol. The highest BCUT2D eigenvalue weighted by Crippen LogP contribution is 2.47. The zero-order chi connectivity index (χ0) is 13.2. The fourth-order valence-corrected chi connectivity index (χ4v) is 2.17. The van der Waals surface area contributed by atoms with E-state index in [9.17, 15) is 14.5 Å². The highest BCUT2D eigenvalue weighted by atomic mass is 19.1. The number of halogens is 1. The van der Waals surface area contributed by atoms with Crippen molar-refractivity contribution < 1.29 is 9.31 Å². The van der Waals surface area contributed by atoms with Crippen molar-refractivity contribution in [3.63, 3.8) is 0 Å². The van der Waals surface area contributed by atoms with Crippen molar-refractivity contribution in [3.8, 4) is 0 Å². The zero-order valence-electron chi connectivity index (χ0n) is 10.4. The summed E-state index contributed by atoms with van der Waals surface area (Å²) in [6.07, 6.45) is 3.54. The predicted molar refractivity (Wildman–Crippen MR) is 66.7 cm³/mol. The number of nitro groups is 1. The van der Waals surface area contributed by atoms with Gasteiger partial charge in [0, 0.05) is 24.7 Å². The summed E-state index contributed by atoms with van der Waals surface area (Å²) < 4.78 is 13.1. The Hall–Kier alpha value is -1.49. The van der Waals surface area contributed by atoms with Crippen molar-refractivity contribution in [2.24, 2.45) is 5.41 Å². The SMILES string of the molecule is CCC1(CNCc2cc(F)ccc2[N+](=O)[O-])CC1. The number of hydrogen-bond acceptors (Lipinski definition) is 3. The molecule has 0 heterocycles. The van der Waals surface area contributed by atoms with E-state index in [0.717, 1.165) is 19.0 Å². The maximum absolute atomic E-state index is 13.1. The minimum absolute atomic E-state index is 0.0229. The van der Waals surface area contributed by atoms with E-state index in [-0.39, 0.29) is 5.69 Å². The van der Waals surface area contributed by atoms with E-state index in [0.29, 0.717) is 17.5 Å². The van der Waals surface area contributed by atoms with Gasteiger partial charge < -0.3 is 5.32 Å². The smallest absolute Gasteiger partial charge is 0.274 e. The van der Waals surface area contributed by atoms with Crippen molar-refractivity contribution in [3.05, 3.63) is 39.7 Å². The van der Waals surface area contributed by atoms with Crippen LogP contribution in [0.25, 0.3) is 0 Å². The van der Waals surface area contributed by atoms with Crippen molar-refractivity contribution in [2.75, 3.05) is 6.54 Å². The standard InChI is InChI=1S/C13H17FN2O2/c1-2-13(5-6-13)9-15-8-10-7-11(14)3-4-12(10)16(17)18/h3-4,7,15H,2,5-6,8-9H2,1H3. The van der Waals surface area contributed by atoms with Crippen LogP contribution < -0.4 is 5.32 Å². The van der Waals surface area contributed by atoms with Crippen LogP contribution >= 0.6 is 0 Å². The van der Waals surface area contributed by atoms with Gasteiger partial charge in [-0.05, 0) is 36.8 Å². The number of rotatable bonds is 6. The topological polar surface area (TPSA) is 55.2 Å². The van der Waals surface area contributed by atoms with Gasteiger partial charge in [-0.25, -0.2) is 4.39 Å². The molecule has 0 spiro atoms. The molecule has 5 heteroatoms. The predicted octanol–water partition coefficient (Wildman–Crippen LogP) is 3.01. The summed E-state index contributed by atoms with van der Waals surface area (Å²) >= 11 is 0. The van der Waals surface area contributed by atoms with Crippen LogP contribution in [0.2, 0.25) is 0 Å². The van der Waals surface area contributed by atoms with Crippen LogP contribution in [0.5, 0.6) is 0 Å². The average Bonchev–Trinajstić information content (AvgIpc) is 3.09. The van der Waals surface area contributed by atoms with Crippen molar-refractivity contribution in [2.45, 2.75) is 32.7 Å². The molecule has 0 aromatic heterocycles. The van der Waals surface area contributed by atoms with Gasteiger partial charge in [0.05, 0.1) is 4.92 Å². The summed E-state index contributed by atoms with van der Waals surface area (Å²) in [4.78, 5) is 10.3. The van der Waals surface area contributed by atoms with Crippen LogP contribution in [0.3, 0.4) is 0 Å². The molecule has 0 radical (unpaired) electrons. The Bertz CT molecular complexity index is 458. The second-order valence-electron chi connectivity index (χ2n) is 4.99. The molecule has 0 amide bonds. The lowest BCUT2D eigenvalue weighted by Crippen LogP contribution is -2.23. The molecule has 0 unspecified atom stereocenters. The zero-order valence-corrected chi connectivity index (χ0v) is 10.4. The quantitative estimate of drug-likeness (QED) is 0.625. The molecule has 18 heavy (non-hydrogen) atoms. The summed E-state index contributed by atoms with van der Waals surface area (Å²) in [5.41, 5.74) is 0.763. The summed E-state index contributed by atoms with van der Waals surface area (Å²) in [6, 6.07) is 3.58. The molecule has 0 aliphatic heterocycles. The van der Waals surface area contributed by atoms with Crippen LogP contribution in [-0.4, -0.2) is 11.5 Å². The van der Waals surface area contributed by atoms with Crippen molar-refractivity contribution >= 4 is 5.69 Å². The van der Waals surface area contributed by atoms with E-state index >= 15 is 0 Å². The Morgan fingerprint density at radius 3 is 2.78 bits per heavy atom. The molecule has 1 saturated carbocycles. The van der Waals surface area contributed by atoms with Gasteiger partial charge in [0.15, 0.2) is 0 Å². The highest BCUT2D eigenvalue weighted by Gasteiger charge is 2.39. The van der Waals surface area contributed by atoms with Gasteiger partial charge in [0.25, 0.3) is 5.69 Å². The van der Waals surface area contributed by atoms with Gasteiger partial charge >= 0.3 is 0 Å². The minimum Gasteiger partial charge on any atom is -0.312 e. The van der Waals surface area contributed by atoms with E-state index in [1.165, 1.54) is 25.0 Å². The molecule has 1 aliphatic carbocycles. The van der Waals surface area contributed by atoms with E-state index in [4.69, 9.17) is 0 Å². The number of hydrogen-bond donors (Lipinski definition) is 1. The van der Waals surface area contributed by atoms with E-state index in [2.05, 4.69) is 12.2 Å². The van der Waals surface area contributed by atoms with Gasteiger partial charge in [-0.2, -0.15) is 0 Å². The van der Waals surface area contributed by atoms with E-state index in [1.807, 2.05) is 0 Å². The first kappa shape index (κ1) is 13.0. The third kappa shape index (κ3) is 2.85. The molecular formula is C13H17FN2O2. The van der Waals surface area contributed by atoms with Crippen LogP contribution in [-0.2, 0) is 6.54 Å². The summed E-state index contributed by atoms with van der Waals surface area (Å²) in [6.45, 7) is 3.34. The van der Waals surface area contributed by atoms with Gasteiger partial charge in [-0.15, -0.1) is 0 Å². The maximum Gasteiger partial charge on any atom is 0.274 e. The molecule has 98 valence electrons. The average molecular weight is 252 g/mol. The van der Waals surface area contributed by atoms with E-state index < -0.39 is 10.7 Å². The first-order valence-electron chi connectivity index (χ1n) is 6.20. The molecule has 0 bridgehead atoms. The molecule has 1 N–H and O–H groups in total. The molecule has 1 fully saturated rings. The largest absolute Gasteiger partial charge is 0.312 e. The van der Waals surface area contributed by atoms with Gasteiger partial charge in [-0.3, -0.25) is 10.1 Å². The minimum atomic E-state index is -0.469. The molecule has 1 aromatic rings. The summed E-state index contributed by atoms with van der Waals surface area (Å²) in [5, 5.41) is 14.0. The van der Waals surface area contributed by atoms with Gasteiger partial charge in [-0.1, -0.05) is 6.92 Å². The number of nitrogens with zero attached hydrogens (tertiary/aromatic N) is 1. The van der Waals surface area contributed by atoms with Crippen LogP contribution in [0, 0.1) is 21.3 Å². The Morgan fingerprint density at radius 2 is 2.22 bits per heavy atom. The third-order valence-electron chi connectivity index (χ3n) is 3.76. The van der Waals surface area contributed by atoms with Crippen LogP contribution in [0.1, 0.15) is 31.7 Å². The molecule has 1 aromatic carbocycles. The third-order valence-corrected chi connectivity index (χ3v) is 3.76. The molecule has 4 nitrogen and oxygen atoms in total. The Balaban J connectivity index is 1.99. The number of nitro benzene ring substituents is 1. The Kier molecular flexibility index (Phi) is 3.61. The lowest BCUT2D eigenvalue weighted by molar-refractivity contribution is -0.385. The molecule has 1 aliphatic rings. The molecule has 0 saturated heterocycles. The molecule has 2 rings (SSSR count). The first-order valence-corrected chi connectivity index (χ1v) is 6.20. The van der Waals surface area contributed by atoms with Gasteiger partial charge in [0.2, 0.25) is 0 Å². The lowest BCUT2D eigenvalue weighted by Gasteiger charge is -2.13. The second kappa shape index (κ2) is 5.02. The number of nitrogens with one attached hydrogen (secondary N) is 1. The van der Waals surface area contributed by atoms with Crippen molar-refractivity contribution in [1.29, 1.82) is 0 Å². The van der Waals surface area contributed by atoms with Crippen molar-refractivity contribution in [1.82, 2.24) is 5.32 Å². The Morgan fingerprint density at radius 1 is 1.50 bits per heavy atom. The van der Waals surface area contributed by atoms with Crippen LogP contribution in [0.15, 0.2) is 18.2 Å². The Labute approximate surface area is 105 Å². The normalized spacial score (nSPS) is 16.6. The highest BCUT2D eigenvalue weighted by molar-refractivity contribution is 5.40. The first-order chi connectivity index (χ1) is 8.56. The monoisotopic (exact) mass is 252 g/mol. The number of benzene rings is 1. The van der Waals surface area contributed by atoms with E-state index in [1.54, 1.807) is 0 Å². The second-order valence-corrected chi connectivity index (χ2v) is 4.99. The van der Waals surface area contributed by atoms with Gasteiger partial charge in [0.1, 0.15) is 5.82 Å². The molecule has 0 atom stereocenters. The summed E-state index contributed by atoms with van der Waals surface area (Å²) in [5.74, 6) is -0.436. The maximum atomic E-state index is 13.1. The summed E-state index contributed by atoms with van der Waals surface area (Å²) in [7, 11) is 0. The lowest BCUT2D eigenvalue weighted by atomic mass is 10.0. The fourth-order valence-electron chi connectivity index (χ4n) is 2.17.